The number of benzene rings is 2. The summed E-state index contributed by atoms with van der Waals surface area (Å²) in [6, 6.07) is 11.6. The van der Waals surface area contributed by atoms with Crippen LogP contribution in [0.4, 0.5) is 17.2 Å². The van der Waals surface area contributed by atoms with Crippen molar-refractivity contribution in [2.75, 3.05) is 5.32 Å². The van der Waals surface area contributed by atoms with Gasteiger partial charge in [-0.2, -0.15) is 15.2 Å². The largest absolute Gasteiger partial charge is 0.424 e. The maximum atomic E-state index is 11.3. The number of carbonyl (C=O) groups excluding carboxylic acids is 1. The molecular weight excluding hydrogens is 374 g/mol. The molecule has 29 heavy (non-hydrogen) atoms. The Balaban J connectivity index is 1.95. The van der Waals surface area contributed by atoms with Crippen LogP contribution in [-0.4, -0.2) is 21.2 Å². The number of aryl methyl sites for hydroxylation is 2. The van der Waals surface area contributed by atoms with Crippen molar-refractivity contribution in [3.8, 4) is 17.8 Å². The first-order valence-corrected chi connectivity index (χ1v) is 8.44. The minimum Gasteiger partial charge on any atom is -0.424 e. The molecule has 9 heteroatoms. The molecule has 9 nitrogen and oxygen atoms in total. The number of nitriles is 1. The van der Waals surface area contributed by atoms with E-state index in [2.05, 4.69) is 15.3 Å². The molecule has 0 aliphatic heterocycles. The molecule has 0 unspecified atom stereocenters. The molecule has 1 N–H and O–H groups in total. The lowest BCUT2D eigenvalue weighted by Crippen LogP contribution is -2.04. The molecule has 0 aliphatic carbocycles. The fraction of sp³-hybridized carbons (Fsp3) is 0.100. The predicted molar refractivity (Wildman–Crippen MR) is 105 cm³/mol. The maximum Gasteiger partial charge on any atom is 0.330 e. The highest BCUT2D eigenvalue weighted by Gasteiger charge is 2.19. The molecule has 144 valence electrons. The molecule has 0 aliphatic rings. The Bertz CT molecular complexity index is 1110. The molecule has 0 spiro atoms. The number of anilines is 2. The number of nitro groups is 1. The van der Waals surface area contributed by atoms with Crippen molar-refractivity contribution in [2.24, 2.45) is 0 Å². The summed E-state index contributed by atoms with van der Waals surface area (Å²) in [5.41, 5.74) is 2.57. The van der Waals surface area contributed by atoms with E-state index in [1.807, 2.05) is 6.07 Å². The van der Waals surface area contributed by atoms with E-state index in [-0.39, 0.29) is 17.5 Å². The highest BCUT2D eigenvalue weighted by atomic mass is 16.6. The first-order valence-electron chi connectivity index (χ1n) is 8.44. The van der Waals surface area contributed by atoms with E-state index in [1.54, 1.807) is 50.2 Å². The Morgan fingerprint density at radius 3 is 2.41 bits per heavy atom. The second-order valence-corrected chi connectivity index (χ2v) is 6.16. The third-order valence-electron chi connectivity index (χ3n) is 4.03. The first-order chi connectivity index (χ1) is 13.9. The smallest absolute Gasteiger partial charge is 0.330 e. The highest BCUT2D eigenvalue weighted by molar-refractivity contribution is 5.76. The molecule has 0 atom stereocenters. The van der Waals surface area contributed by atoms with Gasteiger partial charge in [-0.25, -0.2) is 0 Å². The Morgan fingerprint density at radius 2 is 1.86 bits per heavy atom. The number of nitrogens with one attached hydrogen (secondary N) is 1. The van der Waals surface area contributed by atoms with Gasteiger partial charge in [0.25, 0.3) is 0 Å². The van der Waals surface area contributed by atoms with Crippen LogP contribution in [0.25, 0.3) is 0 Å². The van der Waals surface area contributed by atoms with Gasteiger partial charge in [0.2, 0.25) is 5.82 Å². The van der Waals surface area contributed by atoms with Gasteiger partial charge in [-0.05, 0) is 61.4 Å². The summed E-state index contributed by atoms with van der Waals surface area (Å²) in [4.78, 5) is 29.8. The van der Waals surface area contributed by atoms with Crippen molar-refractivity contribution >= 4 is 23.5 Å². The Labute approximate surface area is 165 Å². The van der Waals surface area contributed by atoms with Gasteiger partial charge in [-0.1, -0.05) is 0 Å². The first kappa shape index (κ1) is 19.4. The van der Waals surface area contributed by atoms with Crippen LogP contribution < -0.4 is 10.1 Å². The van der Waals surface area contributed by atoms with Crippen molar-refractivity contribution in [3.05, 3.63) is 75.0 Å². The van der Waals surface area contributed by atoms with Gasteiger partial charge in [0, 0.05) is 11.3 Å². The normalized spacial score (nSPS) is 10.1. The quantitative estimate of drug-likeness (QED) is 0.376. The Hall–Kier alpha value is -4.32. The van der Waals surface area contributed by atoms with Crippen molar-refractivity contribution in [1.82, 2.24) is 9.97 Å². The molecule has 3 rings (SSSR count). The van der Waals surface area contributed by atoms with Crippen LogP contribution in [-0.2, 0) is 0 Å². The van der Waals surface area contributed by atoms with Gasteiger partial charge < -0.3 is 10.1 Å². The van der Waals surface area contributed by atoms with E-state index >= 15 is 0 Å². The standard InChI is InChI=1S/C20H15N5O4/c1-12-7-15(11-26)8-13(2)18(12)29-20-22-10-17(25(27)28)19(24-20)23-16-5-3-14(9-21)4-6-16/h3-8,10-11H,1-2H3,(H,22,23,24). The summed E-state index contributed by atoms with van der Waals surface area (Å²) >= 11 is 0. The van der Waals surface area contributed by atoms with E-state index in [1.165, 1.54) is 0 Å². The molecule has 1 aromatic heterocycles. The van der Waals surface area contributed by atoms with Gasteiger partial charge in [0.15, 0.2) is 0 Å². The molecule has 3 aromatic rings. The van der Waals surface area contributed by atoms with E-state index in [0.717, 1.165) is 12.5 Å². The average Bonchev–Trinajstić information content (AvgIpc) is 2.71. The van der Waals surface area contributed by atoms with Crippen molar-refractivity contribution < 1.29 is 14.5 Å². The van der Waals surface area contributed by atoms with Crippen molar-refractivity contribution in [3.63, 3.8) is 0 Å². The number of hydrogen-bond acceptors (Lipinski definition) is 8. The number of ether oxygens (including phenoxy) is 1. The SMILES string of the molecule is Cc1cc(C=O)cc(C)c1Oc1ncc([N+](=O)[O-])c(Nc2ccc(C#N)cc2)n1. The van der Waals surface area contributed by atoms with Crippen LogP contribution >= 0.6 is 0 Å². The summed E-state index contributed by atoms with van der Waals surface area (Å²) in [6.07, 6.45) is 1.80. The topological polar surface area (TPSA) is 131 Å². The monoisotopic (exact) mass is 389 g/mol. The molecule has 2 aromatic carbocycles. The minimum atomic E-state index is -0.606. The fourth-order valence-corrected chi connectivity index (χ4v) is 2.70. The Morgan fingerprint density at radius 1 is 1.21 bits per heavy atom. The lowest BCUT2D eigenvalue weighted by atomic mass is 10.1. The van der Waals surface area contributed by atoms with Gasteiger partial charge >= 0.3 is 11.7 Å². The van der Waals surface area contributed by atoms with E-state index in [4.69, 9.17) is 10.00 Å². The molecule has 1 heterocycles. The van der Waals surface area contributed by atoms with Gasteiger partial charge in [0.05, 0.1) is 16.6 Å². The van der Waals surface area contributed by atoms with Gasteiger partial charge in [-0.3, -0.25) is 14.9 Å². The number of aldehydes is 1. The van der Waals surface area contributed by atoms with Crippen LogP contribution in [0.15, 0.2) is 42.6 Å². The van der Waals surface area contributed by atoms with Crippen LogP contribution in [0, 0.1) is 35.3 Å². The zero-order valence-corrected chi connectivity index (χ0v) is 15.5. The highest BCUT2D eigenvalue weighted by Crippen LogP contribution is 2.31. The van der Waals surface area contributed by atoms with Crippen molar-refractivity contribution in [1.29, 1.82) is 5.26 Å². The second-order valence-electron chi connectivity index (χ2n) is 6.16. The number of nitrogens with zero attached hydrogens (tertiary/aromatic N) is 4. The third kappa shape index (κ3) is 4.33. The summed E-state index contributed by atoms with van der Waals surface area (Å²) in [5, 5.41) is 23.1. The van der Waals surface area contributed by atoms with Crippen LogP contribution in [0.5, 0.6) is 11.8 Å². The molecule has 0 radical (unpaired) electrons. The maximum absolute atomic E-state index is 11.3. The molecule has 0 amide bonds. The molecule has 0 saturated carbocycles. The average molecular weight is 389 g/mol. The van der Waals surface area contributed by atoms with Gasteiger partial charge in [0.1, 0.15) is 18.2 Å². The number of carbonyl (C=O) groups is 1. The van der Waals surface area contributed by atoms with Gasteiger partial charge in [-0.15, -0.1) is 0 Å². The minimum absolute atomic E-state index is 0.0514. The number of hydrogen-bond donors (Lipinski definition) is 1. The molecular formula is C20H15N5O4. The summed E-state index contributed by atoms with van der Waals surface area (Å²) < 4.78 is 5.75. The fourth-order valence-electron chi connectivity index (χ4n) is 2.70. The summed E-state index contributed by atoms with van der Waals surface area (Å²) in [6.45, 7) is 3.55. The zero-order chi connectivity index (χ0) is 21.0. The zero-order valence-electron chi connectivity index (χ0n) is 15.5. The van der Waals surface area contributed by atoms with Crippen molar-refractivity contribution in [2.45, 2.75) is 13.8 Å². The lowest BCUT2D eigenvalue weighted by molar-refractivity contribution is -0.384. The third-order valence-corrected chi connectivity index (χ3v) is 4.03. The summed E-state index contributed by atoms with van der Waals surface area (Å²) in [5.74, 6) is 0.415. The number of aromatic nitrogens is 2. The van der Waals surface area contributed by atoms with Crippen LogP contribution in [0.1, 0.15) is 27.0 Å². The van der Waals surface area contributed by atoms with E-state index in [0.29, 0.717) is 33.7 Å². The molecule has 0 saturated heterocycles. The second kappa shape index (κ2) is 8.14. The summed E-state index contributed by atoms with van der Waals surface area (Å²) in [7, 11) is 0. The molecule has 0 bridgehead atoms. The lowest BCUT2D eigenvalue weighted by Gasteiger charge is -2.12. The van der Waals surface area contributed by atoms with Crippen LogP contribution in [0.3, 0.4) is 0 Å². The Kier molecular flexibility index (Phi) is 5.46. The molecule has 0 fully saturated rings. The van der Waals surface area contributed by atoms with Crippen LogP contribution in [0.2, 0.25) is 0 Å². The van der Waals surface area contributed by atoms with E-state index in [9.17, 15) is 14.9 Å². The predicted octanol–water partition coefficient (Wildman–Crippen LogP) is 4.22. The number of rotatable bonds is 6. The van der Waals surface area contributed by atoms with E-state index < -0.39 is 4.92 Å².